The molecular formula is C11H14ClN. The zero-order chi connectivity index (χ0) is 9.47. The lowest BCUT2D eigenvalue weighted by Crippen LogP contribution is -2.51. The van der Waals surface area contributed by atoms with E-state index in [1.807, 2.05) is 12.1 Å². The van der Waals surface area contributed by atoms with Crippen LogP contribution < -0.4 is 5.73 Å². The fraction of sp³-hybridized carbons (Fsp3) is 0.455. The molecule has 1 nitrogen and oxygen atoms in total. The maximum atomic E-state index is 5.99. The van der Waals surface area contributed by atoms with Gasteiger partial charge in [0.05, 0.1) is 0 Å². The van der Waals surface area contributed by atoms with E-state index >= 15 is 0 Å². The zero-order valence-electron chi connectivity index (χ0n) is 7.76. The van der Waals surface area contributed by atoms with Crippen LogP contribution in [0.15, 0.2) is 24.3 Å². The van der Waals surface area contributed by atoms with Gasteiger partial charge in [0.25, 0.3) is 0 Å². The van der Waals surface area contributed by atoms with E-state index in [1.54, 1.807) is 0 Å². The molecule has 0 aromatic heterocycles. The van der Waals surface area contributed by atoms with E-state index in [9.17, 15) is 0 Å². The van der Waals surface area contributed by atoms with Gasteiger partial charge in [-0.2, -0.15) is 0 Å². The Morgan fingerprint density at radius 1 is 1.38 bits per heavy atom. The average Bonchev–Trinajstić information content (AvgIpc) is 2.15. The van der Waals surface area contributed by atoms with Crippen LogP contribution >= 0.6 is 11.6 Å². The number of hydrogen-bond acceptors (Lipinski definition) is 1. The van der Waals surface area contributed by atoms with E-state index in [2.05, 4.69) is 19.1 Å². The molecule has 1 aromatic carbocycles. The Balaban J connectivity index is 2.30. The van der Waals surface area contributed by atoms with Crippen LogP contribution in [-0.4, -0.2) is 6.04 Å². The molecule has 0 spiro atoms. The topological polar surface area (TPSA) is 26.0 Å². The predicted molar refractivity (Wildman–Crippen MR) is 56.0 cm³/mol. The highest BCUT2D eigenvalue weighted by molar-refractivity contribution is 6.30. The molecule has 70 valence electrons. The number of hydrogen-bond donors (Lipinski definition) is 1. The molecule has 0 amide bonds. The van der Waals surface area contributed by atoms with E-state index < -0.39 is 0 Å². The highest BCUT2D eigenvalue weighted by atomic mass is 35.5. The molecule has 0 aliphatic heterocycles. The van der Waals surface area contributed by atoms with Gasteiger partial charge in [0.15, 0.2) is 0 Å². The van der Waals surface area contributed by atoms with Crippen LogP contribution in [0.5, 0.6) is 0 Å². The molecule has 2 N–H and O–H groups in total. The number of halogens is 1. The molecular weight excluding hydrogens is 182 g/mol. The van der Waals surface area contributed by atoms with Gasteiger partial charge in [0.2, 0.25) is 0 Å². The normalized spacial score (nSPS) is 32.7. The summed E-state index contributed by atoms with van der Waals surface area (Å²) in [5.74, 6) is 0. The smallest absolute Gasteiger partial charge is 0.0406 e. The van der Waals surface area contributed by atoms with Crippen LogP contribution in [0.3, 0.4) is 0 Å². The Bertz CT molecular complexity index is 306. The fourth-order valence-electron chi connectivity index (χ4n) is 1.93. The molecule has 13 heavy (non-hydrogen) atoms. The average molecular weight is 196 g/mol. The second-order valence-corrected chi connectivity index (χ2v) is 4.51. The lowest BCUT2D eigenvalue weighted by atomic mass is 9.62. The minimum atomic E-state index is 0.185. The first-order valence-corrected chi connectivity index (χ1v) is 5.02. The summed E-state index contributed by atoms with van der Waals surface area (Å²) in [6.07, 6.45) is 2.33. The molecule has 1 aliphatic rings. The van der Waals surface area contributed by atoms with Crippen molar-refractivity contribution in [2.75, 3.05) is 0 Å². The van der Waals surface area contributed by atoms with Gasteiger partial charge in [-0.15, -0.1) is 0 Å². The summed E-state index contributed by atoms with van der Waals surface area (Å²) in [6, 6.07) is 8.36. The molecule has 0 bridgehead atoms. The van der Waals surface area contributed by atoms with Gasteiger partial charge in [0, 0.05) is 16.5 Å². The SMILES string of the molecule is CC1(c2ccc(Cl)cc2)CCC1N. The molecule has 2 unspecified atom stereocenters. The molecule has 1 saturated carbocycles. The van der Waals surface area contributed by atoms with E-state index in [-0.39, 0.29) is 5.41 Å². The minimum Gasteiger partial charge on any atom is -0.327 e. The van der Waals surface area contributed by atoms with Crippen molar-refractivity contribution in [1.29, 1.82) is 0 Å². The maximum Gasteiger partial charge on any atom is 0.0406 e. The van der Waals surface area contributed by atoms with Crippen LogP contribution in [0.1, 0.15) is 25.3 Å². The lowest BCUT2D eigenvalue weighted by Gasteiger charge is -2.45. The summed E-state index contributed by atoms with van der Waals surface area (Å²) in [6.45, 7) is 2.23. The quantitative estimate of drug-likeness (QED) is 0.733. The predicted octanol–water partition coefficient (Wildman–Crippen LogP) is 2.72. The van der Waals surface area contributed by atoms with Crippen LogP contribution in [0.2, 0.25) is 5.02 Å². The first kappa shape index (κ1) is 9.04. The van der Waals surface area contributed by atoms with Crippen molar-refractivity contribution in [2.45, 2.75) is 31.2 Å². The molecule has 2 rings (SSSR count). The molecule has 1 aliphatic carbocycles. The summed E-state index contributed by atoms with van der Waals surface area (Å²) < 4.78 is 0. The minimum absolute atomic E-state index is 0.185. The van der Waals surface area contributed by atoms with Crippen molar-refractivity contribution in [3.05, 3.63) is 34.9 Å². The van der Waals surface area contributed by atoms with Crippen LogP contribution in [-0.2, 0) is 5.41 Å². The summed E-state index contributed by atoms with van der Waals surface area (Å²) >= 11 is 5.83. The molecule has 0 radical (unpaired) electrons. The van der Waals surface area contributed by atoms with E-state index in [0.717, 1.165) is 11.4 Å². The number of nitrogens with two attached hydrogens (primary N) is 1. The third kappa shape index (κ3) is 1.36. The van der Waals surface area contributed by atoms with Crippen LogP contribution in [0.4, 0.5) is 0 Å². The highest BCUT2D eigenvalue weighted by Crippen LogP contribution is 2.42. The van der Waals surface area contributed by atoms with E-state index in [0.29, 0.717) is 6.04 Å². The summed E-state index contributed by atoms with van der Waals surface area (Å²) in [4.78, 5) is 0. The second-order valence-electron chi connectivity index (χ2n) is 4.07. The van der Waals surface area contributed by atoms with Gasteiger partial charge in [-0.3, -0.25) is 0 Å². The molecule has 0 saturated heterocycles. The molecule has 1 aromatic rings. The lowest BCUT2D eigenvalue weighted by molar-refractivity contribution is 0.217. The maximum absolute atomic E-state index is 5.99. The van der Waals surface area contributed by atoms with Gasteiger partial charge in [0.1, 0.15) is 0 Å². The van der Waals surface area contributed by atoms with Crippen molar-refractivity contribution in [1.82, 2.24) is 0 Å². The third-order valence-electron chi connectivity index (χ3n) is 3.30. The standard InChI is InChI=1S/C11H14ClN/c1-11(7-6-10(11)13)8-2-4-9(12)5-3-8/h2-5,10H,6-7,13H2,1H3. The van der Waals surface area contributed by atoms with E-state index in [4.69, 9.17) is 17.3 Å². The van der Waals surface area contributed by atoms with Crippen molar-refractivity contribution in [3.63, 3.8) is 0 Å². The summed E-state index contributed by atoms with van der Waals surface area (Å²) in [5.41, 5.74) is 7.49. The monoisotopic (exact) mass is 195 g/mol. The Kier molecular flexibility index (Phi) is 2.09. The largest absolute Gasteiger partial charge is 0.327 e. The van der Waals surface area contributed by atoms with Gasteiger partial charge in [-0.25, -0.2) is 0 Å². The summed E-state index contributed by atoms with van der Waals surface area (Å²) in [5, 5.41) is 0.792. The molecule has 2 atom stereocenters. The van der Waals surface area contributed by atoms with Gasteiger partial charge >= 0.3 is 0 Å². The van der Waals surface area contributed by atoms with E-state index in [1.165, 1.54) is 12.0 Å². The third-order valence-corrected chi connectivity index (χ3v) is 3.55. The van der Waals surface area contributed by atoms with Gasteiger partial charge in [-0.05, 0) is 30.5 Å². The zero-order valence-corrected chi connectivity index (χ0v) is 8.51. The Morgan fingerprint density at radius 3 is 2.38 bits per heavy atom. The molecule has 1 fully saturated rings. The molecule has 2 heteroatoms. The second kappa shape index (κ2) is 3.00. The molecule has 0 heterocycles. The highest BCUT2D eigenvalue weighted by Gasteiger charge is 2.41. The number of benzene rings is 1. The first-order valence-electron chi connectivity index (χ1n) is 4.64. The van der Waals surface area contributed by atoms with Crippen molar-refractivity contribution in [2.24, 2.45) is 5.73 Å². The Morgan fingerprint density at radius 2 is 2.00 bits per heavy atom. The van der Waals surface area contributed by atoms with Crippen molar-refractivity contribution >= 4 is 11.6 Å². The summed E-state index contributed by atoms with van der Waals surface area (Å²) in [7, 11) is 0. The van der Waals surface area contributed by atoms with Gasteiger partial charge < -0.3 is 5.73 Å². The number of rotatable bonds is 1. The van der Waals surface area contributed by atoms with Crippen molar-refractivity contribution in [3.8, 4) is 0 Å². The Hall–Kier alpha value is -0.530. The van der Waals surface area contributed by atoms with Crippen molar-refractivity contribution < 1.29 is 0 Å². The first-order chi connectivity index (χ1) is 6.13. The fourth-order valence-corrected chi connectivity index (χ4v) is 2.06. The Labute approximate surface area is 83.9 Å². The van der Waals surface area contributed by atoms with Crippen LogP contribution in [0, 0.1) is 0 Å². The van der Waals surface area contributed by atoms with Crippen LogP contribution in [0.25, 0.3) is 0 Å². The van der Waals surface area contributed by atoms with Gasteiger partial charge in [-0.1, -0.05) is 30.7 Å².